The first kappa shape index (κ1) is 12.8. The average Bonchev–Trinajstić information content (AvgIpc) is 2.40. The lowest BCUT2D eigenvalue weighted by atomic mass is 9.95. The maximum absolute atomic E-state index is 5.86. The number of hydrogen-bond donors (Lipinski definition) is 0. The molecule has 0 fully saturated rings. The highest BCUT2D eigenvalue weighted by atomic mass is 16.5. The van der Waals surface area contributed by atoms with Gasteiger partial charge in [-0.1, -0.05) is 49.1 Å². The molecule has 0 N–H and O–H groups in total. The molecule has 2 aromatic rings. The summed E-state index contributed by atoms with van der Waals surface area (Å²) in [6.07, 6.45) is 3.51. The fourth-order valence-electron chi connectivity index (χ4n) is 1.85. The molecule has 2 aromatic carbocycles. The Balaban J connectivity index is 2.12. The molecule has 18 heavy (non-hydrogen) atoms. The second kappa shape index (κ2) is 6.30. The molecule has 0 unspecified atom stereocenters. The first-order valence-electron chi connectivity index (χ1n) is 6.41. The van der Waals surface area contributed by atoms with Gasteiger partial charge >= 0.3 is 0 Å². The highest BCUT2D eigenvalue weighted by molar-refractivity contribution is 6.34. The molecule has 0 saturated carbocycles. The minimum absolute atomic E-state index is 0.663. The van der Waals surface area contributed by atoms with Crippen molar-refractivity contribution in [3.63, 3.8) is 0 Å². The molecule has 0 atom stereocenters. The molecule has 2 rings (SSSR count). The number of hydrogen-bond acceptors (Lipinski definition) is 1. The van der Waals surface area contributed by atoms with Crippen LogP contribution in [0.1, 0.15) is 25.3 Å². The lowest BCUT2D eigenvalue weighted by Crippen LogP contribution is -2.05. The summed E-state index contributed by atoms with van der Waals surface area (Å²) in [5.74, 6) is 1.56. The van der Waals surface area contributed by atoms with Crippen LogP contribution in [0, 0.1) is 0 Å². The summed E-state index contributed by atoms with van der Waals surface area (Å²) < 4.78 is 5.80. The largest absolute Gasteiger partial charge is 0.458 e. The van der Waals surface area contributed by atoms with Gasteiger partial charge in [0.05, 0.1) is 0 Å². The van der Waals surface area contributed by atoms with E-state index in [4.69, 9.17) is 12.6 Å². The standard InChI is InChI=1S/C16H17BO/c1-2-3-7-13-8-6-9-14(12-13)18-16-11-5-4-10-15(16)17/h4-6,8-12H,2-3,7H2,1H3. The van der Waals surface area contributed by atoms with Gasteiger partial charge < -0.3 is 4.74 Å². The van der Waals surface area contributed by atoms with Gasteiger partial charge in [-0.3, -0.25) is 0 Å². The summed E-state index contributed by atoms with van der Waals surface area (Å²) >= 11 is 0. The van der Waals surface area contributed by atoms with E-state index in [2.05, 4.69) is 19.1 Å². The molecule has 0 spiro atoms. The van der Waals surface area contributed by atoms with Crippen LogP contribution in [-0.4, -0.2) is 7.85 Å². The smallest absolute Gasteiger partial charge is 0.127 e. The zero-order valence-electron chi connectivity index (χ0n) is 10.7. The number of benzene rings is 2. The van der Waals surface area contributed by atoms with E-state index in [9.17, 15) is 0 Å². The Bertz CT molecular complexity index is 508. The van der Waals surface area contributed by atoms with E-state index in [0.29, 0.717) is 11.2 Å². The van der Waals surface area contributed by atoms with E-state index in [-0.39, 0.29) is 0 Å². The molecule has 0 amide bonds. The van der Waals surface area contributed by atoms with E-state index < -0.39 is 0 Å². The Morgan fingerprint density at radius 3 is 2.67 bits per heavy atom. The van der Waals surface area contributed by atoms with Gasteiger partial charge in [0.1, 0.15) is 19.3 Å². The third-order valence-electron chi connectivity index (χ3n) is 2.86. The molecule has 0 aliphatic heterocycles. The van der Waals surface area contributed by atoms with Crippen molar-refractivity contribution in [3.05, 3.63) is 54.1 Å². The number of aryl methyl sites for hydroxylation is 1. The van der Waals surface area contributed by atoms with E-state index in [1.165, 1.54) is 18.4 Å². The molecule has 2 heteroatoms. The Kier molecular flexibility index (Phi) is 4.46. The average molecular weight is 236 g/mol. The predicted molar refractivity (Wildman–Crippen MR) is 77.0 cm³/mol. The number of rotatable bonds is 5. The molecular weight excluding hydrogens is 219 g/mol. The van der Waals surface area contributed by atoms with Gasteiger partial charge in [-0.15, -0.1) is 0 Å². The van der Waals surface area contributed by atoms with Crippen LogP contribution < -0.4 is 10.2 Å². The minimum Gasteiger partial charge on any atom is -0.458 e. The molecule has 1 nitrogen and oxygen atoms in total. The fourth-order valence-corrected chi connectivity index (χ4v) is 1.85. The highest BCUT2D eigenvalue weighted by Crippen LogP contribution is 2.21. The van der Waals surface area contributed by atoms with Crippen molar-refractivity contribution in [3.8, 4) is 11.5 Å². The summed E-state index contributed by atoms with van der Waals surface area (Å²) in [5.41, 5.74) is 1.97. The van der Waals surface area contributed by atoms with Crippen molar-refractivity contribution >= 4 is 13.3 Å². The van der Waals surface area contributed by atoms with E-state index in [1.54, 1.807) is 0 Å². The normalized spacial score (nSPS) is 10.3. The predicted octanol–water partition coefficient (Wildman–Crippen LogP) is 3.62. The van der Waals surface area contributed by atoms with Gasteiger partial charge in [0.2, 0.25) is 0 Å². The third-order valence-corrected chi connectivity index (χ3v) is 2.86. The highest BCUT2D eigenvalue weighted by Gasteiger charge is 2.01. The topological polar surface area (TPSA) is 9.23 Å². The van der Waals surface area contributed by atoms with Gasteiger partial charge in [-0.2, -0.15) is 0 Å². The van der Waals surface area contributed by atoms with Crippen LogP contribution in [-0.2, 0) is 6.42 Å². The molecule has 90 valence electrons. The maximum Gasteiger partial charge on any atom is 0.127 e. The number of unbranched alkanes of at least 4 members (excludes halogenated alkanes) is 1. The molecule has 0 bridgehead atoms. The third kappa shape index (κ3) is 3.40. The van der Waals surface area contributed by atoms with Crippen molar-refractivity contribution < 1.29 is 4.74 Å². The maximum atomic E-state index is 5.86. The molecule has 0 heterocycles. The lowest BCUT2D eigenvalue weighted by molar-refractivity contribution is 0.485. The van der Waals surface area contributed by atoms with Crippen molar-refractivity contribution in [1.82, 2.24) is 0 Å². The zero-order chi connectivity index (χ0) is 12.8. The SMILES string of the molecule is [B]c1ccccc1Oc1cccc(CCCC)c1. The second-order valence-electron chi connectivity index (χ2n) is 4.39. The molecule has 0 aliphatic rings. The van der Waals surface area contributed by atoms with E-state index in [1.807, 2.05) is 36.4 Å². The van der Waals surface area contributed by atoms with Crippen LogP contribution in [0.25, 0.3) is 0 Å². The van der Waals surface area contributed by atoms with Crippen LogP contribution in [0.2, 0.25) is 0 Å². The summed E-state index contributed by atoms with van der Waals surface area (Å²) in [4.78, 5) is 0. The monoisotopic (exact) mass is 236 g/mol. The molecular formula is C16H17BO. The van der Waals surface area contributed by atoms with Gasteiger partial charge in [-0.25, -0.2) is 0 Å². The Labute approximate surface area is 110 Å². The lowest BCUT2D eigenvalue weighted by Gasteiger charge is -2.10. The van der Waals surface area contributed by atoms with Crippen LogP contribution >= 0.6 is 0 Å². The zero-order valence-corrected chi connectivity index (χ0v) is 10.7. The molecule has 0 saturated heterocycles. The van der Waals surface area contributed by atoms with Gasteiger partial charge in [0, 0.05) is 0 Å². The van der Waals surface area contributed by atoms with Crippen molar-refractivity contribution in [2.45, 2.75) is 26.2 Å². The minimum atomic E-state index is 0.663. The first-order valence-corrected chi connectivity index (χ1v) is 6.41. The Morgan fingerprint density at radius 1 is 1.06 bits per heavy atom. The summed E-state index contributed by atoms with van der Waals surface area (Å²) in [7, 11) is 5.86. The van der Waals surface area contributed by atoms with E-state index >= 15 is 0 Å². The Hall–Kier alpha value is -1.70. The van der Waals surface area contributed by atoms with E-state index in [0.717, 1.165) is 12.2 Å². The fraction of sp³-hybridized carbons (Fsp3) is 0.250. The van der Waals surface area contributed by atoms with Gasteiger partial charge in [-0.05, 0) is 36.6 Å². The molecule has 2 radical (unpaired) electrons. The van der Waals surface area contributed by atoms with Gasteiger partial charge in [0.15, 0.2) is 0 Å². The van der Waals surface area contributed by atoms with Gasteiger partial charge in [0.25, 0.3) is 0 Å². The van der Waals surface area contributed by atoms with Crippen molar-refractivity contribution in [2.24, 2.45) is 0 Å². The quantitative estimate of drug-likeness (QED) is 0.720. The number of ether oxygens (including phenoxy) is 1. The van der Waals surface area contributed by atoms with Crippen molar-refractivity contribution in [1.29, 1.82) is 0 Å². The molecule has 0 aromatic heterocycles. The Morgan fingerprint density at radius 2 is 1.89 bits per heavy atom. The second-order valence-corrected chi connectivity index (χ2v) is 4.39. The first-order chi connectivity index (χ1) is 8.79. The van der Waals surface area contributed by atoms with Crippen molar-refractivity contribution in [2.75, 3.05) is 0 Å². The van der Waals surface area contributed by atoms with Crippen LogP contribution in [0.15, 0.2) is 48.5 Å². The molecule has 0 aliphatic carbocycles. The van der Waals surface area contributed by atoms with Crippen LogP contribution in [0.3, 0.4) is 0 Å². The summed E-state index contributed by atoms with van der Waals surface area (Å²) in [6, 6.07) is 15.8. The number of para-hydroxylation sites is 1. The van der Waals surface area contributed by atoms with Crippen LogP contribution in [0.4, 0.5) is 0 Å². The van der Waals surface area contributed by atoms with Crippen LogP contribution in [0.5, 0.6) is 11.5 Å². The summed E-state index contributed by atoms with van der Waals surface area (Å²) in [5, 5.41) is 0. The summed E-state index contributed by atoms with van der Waals surface area (Å²) in [6.45, 7) is 2.20.